The molecular formula is C19H21Cl2N2O2+. The summed E-state index contributed by atoms with van der Waals surface area (Å²) in [7, 11) is 0. The van der Waals surface area contributed by atoms with Crippen LogP contribution in [0, 0.1) is 0 Å². The molecule has 1 amide bonds. The van der Waals surface area contributed by atoms with Gasteiger partial charge in [-0.15, -0.1) is 0 Å². The van der Waals surface area contributed by atoms with Gasteiger partial charge in [0.15, 0.2) is 0 Å². The van der Waals surface area contributed by atoms with Gasteiger partial charge >= 0.3 is 0 Å². The van der Waals surface area contributed by atoms with Gasteiger partial charge in [0.2, 0.25) is 0 Å². The number of amides is 1. The molecule has 3 rings (SSSR count). The normalized spacial score (nSPS) is 15.1. The van der Waals surface area contributed by atoms with Crippen LogP contribution in [-0.4, -0.2) is 32.2 Å². The zero-order valence-electron chi connectivity index (χ0n) is 13.9. The van der Waals surface area contributed by atoms with E-state index in [1.165, 1.54) is 10.5 Å². The molecule has 0 bridgehead atoms. The van der Waals surface area contributed by atoms with Crippen molar-refractivity contribution in [3.63, 3.8) is 0 Å². The standard InChI is InChI=1S/C19H20Cl2N2O2/c20-17-6-5-16(18(21)11-17)12-22-19(24)15-3-1-14(2-4-15)13-23-7-9-25-10-8-23/h1-6,11H,7-10,12-13H2,(H,22,24)/p+1. The minimum Gasteiger partial charge on any atom is -0.370 e. The van der Waals surface area contributed by atoms with Crippen LogP contribution in [-0.2, 0) is 17.8 Å². The minimum absolute atomic E-state index is 0.115. The number of hydrogen-bond acceptors (Lipinski definition) is 2. The van der Waals surface area contributed by atoms with Gasteiger partial charge in [0.05, 0.1) is 13.2 Å². The second-order valence-electron chi connectivity index (χ2n) is 6.15. The largest absolute Gasteiger partial charge is 0.370 e. The molecule has 0 spiro atoms. The fourth-order valence-corrected chi connectivity index (χ4v) is 3.32. The number of nitrogens with one attached hydrogen (secondary N) is 2. The van der Waals surface area contributed by atoms with Crippen molar-refractivity contribution in [3.05, 3.63) is 69.2 Å². The molecular weight excluding hydrogens is 359 g/mol. The number of carbonyl (C=O) groups is 1. The van der Waals surface area contributed by atoms with E-state index in [4.69, 9.17) is 27.9 Å². The fraction of sp³-hybridized carbons (Fsp3) is 0.316. The molecule has 2 aromatic rings. The van der Waals surface area contributed by atoms with Crippen molar-refractivity contribution in [3.8, 4) is 0 Å². The van der Waals surface area contributed by atoms with Crippen LogP contribution >= 0.6 is 23.2 Å². The van der Waals surface area contributed by atoms with E-state index in [1.807, 2.05) is 30.3 Å². The summed E-state index contributed by atoms with van der Waals surface area (Å²) in [6.07, 6.45) is 0. The maximum atomic E-state index is 12.3. The highest BCUT2D eigenvalue weighted by Gasteiger charge is 2.14. The topological polar surface area (TPSA) is 42.8 Å². The van der Waals surface area contributed by atoms with Gasteiger partial charge in [0.25, 0.3) is 5.91 Å². The third-order valence-corrected chi connectivity index (χ3v) is 4.91. The number of morpholine rings is 1. The molecule has 6 heteroatoms. The number of halogens is 2. The monoisotopic (exact) mass is 379 g/mol. The Morgan fingerprint density at radius 2 is 1.80 bits per heavy atom. The summed E-state index contributed by atoms with van der Waals surface area (Å²) in [6.45, 7) is 5.04. The second kappa shape index (κ2) is 8.68. The predicted octanol–water partition coefficient (Wildman–Crippen LogP) is 2.34. The number of rotatable bonds is 5. The Morgan fingerprint density at radius 1 is 1.08 bits per heavy atom. The third-order valence-electron chi connectivity index (χ3n) is 4.32. The lowest BCUT2D eigenvalue weighted by molar-refractivity contribution is -0.921. The number of ether oxygens (including phenoxy) is 1. The van der Waals surface area contributed by atoms with Crippen molar-refractivity contribution < 1.29 is 14.4 Å². The highest BCUT2D eigenvalue weighted by atomic mass is 35.5. The number of carbonyl (C=O) groups excluding carboxylic acids is 1. The van der Waals surface area contributed by atoms with E-state index in [9.17, 15) is 4.79 Å². The first-order chi connectivity index (χ1) is 12.1. The molecule has 0 radical (unpaired) electrons. The quantitative estimate of drug-likeness (QED) is 0.836. The molecule has 1 fully saturated rings. The molecule has 0 saturated carbocycles. The van der Waals surface area contributed by atoms with Crippen LogP contribution in [0.15, 0.2) is 42.5 Å². The minimum atomic E-state index is -0.115. The second-order valence-corrected chi connectivity index (χ2v) is 7.00. The van der Waals surface area contributed by atoms with E-state index in [2.05, 4.69) is 5.32 Å². The Balaban J connectivity index is 1.55. The van der Waals surface area contributed by atoms with Crippen LogP contribution in [0.25, 0.3) is 0 Å². The lowest BCUT2D eigenvalue weighted by Crippen LogP contribution is -3.12. The summed E-state index contributed by atoms with van der Waals surface area (Å²) in [5.74, 6) is -0.115. The summed E-state index contributed by atoms with van der Waals surface area (Å²) in [5, 5.41) is 4.02. The molecule has 1 aliphatic heterocycles. The smallest absolute Gasteiger partial charge is 0.251 e. The van der Waals surface area contributed by atoms with Crippen molar-refractivity contribution in [2.45, 2.75) is 13.1 Å². The van der Waals surface area contributed by atoms with Crippen molar-refractivity contribution >= 4 is 29.1 Å². The number of hydrogen-bond donors (Lipinski definition) is 2. The van der Waals surface area contributed by atoms with Crippen LogP contribution in [0.1, 0.15) is 21.5 Å². The van der Waals surface area contributed by atoms with Crippen molar-refractivity contribution in [2.75, 3.05) is 26.3 Å². The predicted molar refractivity (Wildman–Crippen MR) is 99.3 cm³/mol. The Bertz CT molecular complexity index is 729. The molecule has 25 heavy (non-hydrogen) atoms. The Labute approximate surface area is 157 Å². The van der Waals surface area contributed by atoms with E-state index in [-0.39, 0.29) is 5.91 Å². The first-order valence-electron chi connectivity index (χ1n) is 8.34. The molecule has 1 heterocycles. The van der Waals surface area contributed by atoms with E-state index < -0.39 is 0 Å². The first kappa shape index (κ1) is 18.2. The van der Waals surface area contributed by atoms with Gasteiger partial charge in [-0.1, -0.05) is 41.4 Å². The fourth-order valence-electron chi connectivity index (χ4n) is 2.84. The lowest BCUT2D eigenvalue weighted by Gasteiger charge is -2.23. The molecule has 4 nitrogen and oxygen atoms in total. The number of quaternary nitrogens is 1. The van der Waals surface area contributed by atoms with Gasteiger partial charge in [-0.05, 0) is 29.8 Å². The molecule has 1 aliphatic rings. The van der Waals surface area contributed by atoms with Crippen molar-refractivity contribution in [2.24, 2.45) is 0 Å². The van der Waals surface area contributed by atoms with E-state index in [1.54, 1.807) is 12.1 Å². The van der Waals surface area contributed by atoms with E-state index >= 15 is 0 Å². The van der Waals surface area contributed by atoms with Crippen molar-refractivity contribution in [1.82, 2.24) is 5.32 Å². The maximum Gasteiger partial charge on any atom is 0.251 e. The zero-order valence-corrected chi connectivity index (χ0v) is 15.4. The molecule has 0 unspecified atom stereocenters. The summed E-state index contributed by atoms with van der Waals surface area (Å²) in [6, 6.07) is 13.0. The van der Waals surface area contributed by atoms with Crippen LogP contribution in [0.2, 0.25) is 10.0 Å². The zero-order chi connectivity index (χ0) is 17.6. The third kappa shape index (κ3) is 5.19. The van der Waals surface area contributed by atoms with Crippen LogP contribution < -0.4 is 10.2 Å². The van der Waals surface area contributed by atoms with Gasteiger partial charge in [0.1, 0.15) is 19.6 Å². The molecule has 0 atom stereocenters. The van der Waals surface area contributed by atoms with Gasteiger partial charge in [-0.3, -0.25) is 4.79 Å². The summed E-state index contributed by atoms with van der Waals surface area (Å²) >= 11 is 12.0. The van der Waals surface area contributed by atoms with Gasteiger partial charge < -0.3 is 15.0 Å². The van der Waals surface area contributed by atoms with E-state index in [0.717, 1.165) is 38.4 Å². The molecule has 0 aliphatic carbocycles. The lowest BCUT2D eigenvalue weighted by atomic mass is 10.1. The maximum absolute atomic E-state index is 12.3. The molecule has 1 saturated heterocycles. The van der Waals surface area contributed by atoms with Gasteiger partial charge in [0, 0.05) is 27.7 Å². The van der Waals surface area contributed by atoms with E-state index in [0.29, 0.717) is 22.2 Å². The van der Waals surface area contributed by atoms with Crippen molar-refractivity contribution in [1.29, 1.82) is 0 Å². The Morgan fingerprint density at radius 3 is 2.48 bits per heavy atom. The molecule has 2 N–H and O–H groups in total. The summed E-state index contributed by atoms with van der Waals surface area (Å²) in [5.41, 5.74) is 2.71. The Kier molecular flexibility index (Phi) is 6.32. The number of benzene rings is 2. The average Bonchev–Trinajstić information content (AvgIpc) is 2.62. The summed E-state index contributed by atoms with van der Waals surface area (Å²) < 4.78 is 5.38. The SMILES string of the molecule is O=C(NCc1ccc(Cl)cc1Cl)c1ccc(C[NH+]2CCOCC2)cc1. The summed E-state index contributed by atoms with van der Waals surface area (Å²) in [4.78, 5) is 13.8. The highest BCUT2D eigenvalue weighted by molar-refractivity contribution is 6.35. The van der Waals surface area contributed by atoms with Crippen LogP contribution in [0.5, 0.6) is 0 Å². The van der Waals surface area contributed by atoms with Crippen LogP contribution in [0.4, 0.5) is 0 Å². The highest BCUT2D eigenvalue weighted by Crippen LogP contribution is 2.20. The molecule has 132 valence electrons. The van der Waals surface area contributed by atoms with Gasteiger partial charge in [-0.2, -0.15) is 0 Å². The van der Waals surface area contributed by atoms with Crippen LogP contribution in [0.3, 0.4) is 0 Å². The average molecular weight is 380 g/mol. The van der Waals surface area contributed by atoms with Gasteiger partial charge in [-0.25, -0.2) is 0 Å². The first-order valence-corrected chi connectivity index (χ1v) is 9.10. The molecule has 2 aromatic carbocycles. The molecule has 0 aromatic heterocycles. The Hall–Kier alpha value is -1.59.